The number of nitrogens with two attached hydrogens (primary N) is 1. The van der Waals surface area contributed by atoms with Crippen molar-refractivity contribution in [3.05, 3.63) is 24.3 Å². The summed E-state index contributed by atoms with van der Waals surface area (Å²) in [6.45, 7) is 5.17. The fraction of sp³-hybridized carbons (Fsp3) is 0.462. The van der Waals surface area contributed by atoms with Crippen LogP contribution in [-0.2, 0) is 13.0 Å². The Bertz CT molecular complexity index is 518. The van der Waals surface area contributed by atoms with E-state index in [4.69, 9.17) is 5.73 Å². The first-order valence-electron chi connectivity index (χ1n) is 6.38. The molecule has 0 saturated carbocycles. The van der Waals surface area contributed by atoms with Crippen LogP contribution in [0.3, 0.4) is 0 Å². The summed E-state index contributed by atoms with van der Waals surface area (Å²) < 4.78 is 1.93. The van der Waals surface area contributed by atoms with Gasteiger partial charge < -0.3 is 5.73 Å². The maximum Gasteiger partial charge on any atom is 0.130 e. The molecule has 0 aliphatic rings. The molecule has 5 heteroatoms. The second kappa shape index (κ2) is 5.62. The van der Waals surface area contributed by atoms with Crippen molar-refractivity contribution in [1.82, 2.24) is 19.7 Å². The molecule has 0 aliphatic heterocycles. The molecule has 0 spiro atoms. The quantitative estimate of drug-likeness (QED) is 0.877. The van der Waals surface area contributed by atoms with Crippen LogP contribution in [0.4, 0.5) is 5.82 Å². The van der Waals surface area contributed by atoms with Gasteiger partial charge in [-0.1, -0.05) is 20.3 Å². The van der Waals surface area contributed by atoms with Crippen molar-refractivity contribution in [2.75, 3.05) is 5.73 Å². The summed E-state index contributed by atoms with van der Waals surface area (Å²) in [5.41, 5.74) is 8.88. The van der Waals surface area contributed by atoms with Crippen LogP contribution >= 0.6 is 0 Å². The molecule has 96 valence electrons. The summed E-state index contributed by atoms with van der Waals surface area (Å²) in [5, 5.41) is 4.33. The van der Waals surface area contributed by atoms with E-state index < -0.39 is 0 Å². The molecule has 0 radical (unpaired) electrons. The molecule has 2 aromatic rings. The van der Waals surface area contributed by atoms with Crippen LogP contribution < -0.4 is 5.73 Å². The van der Waals surface area contributed by atoms with E-state index in [-0.39, 0.29) is 0 Å². The lowest BCUT2D eigenvalue weighted by molar-refractivity contribution is 0.603. The Hall–Kier alpha value is -1.91. The predicted octanol–water partition coefficient (Wildman–Crippen LogP) is 2.28. The molecule has 0 bridgehead atoms. The Labute approximate surface area is 107 Å². The van der Waals surface area contributed by atoms with Crippen LogP contribution in [0.1, 0.15) is 32.3 Å². The molecule has 0 amide bonds. The minimum Gasteiger partial charge on any atom is -0.383 e. The maximum atomic E-state index is 5.93. The molecule has 2 N–H and O–H groups in total. The molecule has 2 rings (SSSR count). The van der Waals surface area contributed by atoms with Crippen molar-refractivity contribution < 1.29 is 0 Å². The van der Waals surface area contributed by atoms with E-state index in [9.17, 15) is 0 Å². The summed E-state index contributed by atoms with van der Waals surface area (Å²) >= 11 is 0. The van der Waals surface area contributed by atoms with Gasteiger partial charge in [0.15, 0.2) is 0 Å². The third kappa shape index (κ3) is 2.50. The standard InChI is InChI=1S/C13H19N5/c1-3-5-11-12(15-9-16-13(11)14)10-7-17-18(8-10)6-4-2/h7-9H,3-6H2,1-2H3,(H2,14,15,16). The number of hydrogen-bond donors (Lipinski definition) is 1. The van der Waals surface area contributed by atoms with Gasteiger partial charge in [0, 0.05) is 23.9 Å². The lowest BCUT2D eigenvalue weighted by atomic mass is 10.1. The minimum absolute atomic E-state index is 0.574. The number of hydrogen-bond acceptors (Lipinski definition) is 4. The summed E-state index contributed by atoms with van der Waals surface area (Å²) in [5.74, 6) is 0.574. The Morgan fingerprint density at radius 1 is 1.22 bits per heavy atom. The summed E-state index contributed by atoms with van der Waals surface area (Å²) in [6.07, 6.45) is 8.35. The highest BCUT2D eigenvalue weighted by molar-refractivity contribution is 5.66. The van der Waals surface area contributed by atoms with Gasteiger partial charge in [-0.2, -0.15) is 5.10 Å². The van der Waals surface area contributed by atoms with Gasteiger partial charge in [-0.25, -0.2) is 9.97 Å². The van der Waals surface area contributed by atoms with E-state index >= 15 is 0 Å². The molecule has 5 nitrogen and oxygen atoms in total. The third-order valence-corrected chi connectivity index (χ3v) is 2.84. The summed E-state index contributed by atoms with van der Waals surface area (Å²) in [6, 6.07) is 0. The van der Waals surface area contributed by atoms with Crippen molar-refractivity contribution in [2.45, 2.75) is 39.7 Å². The first kappa shape index (κ1) is 12.5. The van der Waals surface area contributed by atoms with Gasteiger partial charge in [0.25, 0.3) is 0 Å². The first-order chi connectivity index (χ1) is 8.76. The summed E-state index contributed by atoms with van der Waals surface area (Å²) in [7, 11) is 0. The average Bonchev–Trinajstić information content (AvgIpc) is 2.81. The zero-order chi connectivity index (χ0) is 13.0. The van der Waals surface area contributed by atoms with Crippen molar-refractivity contribution in [3.63, 3.8) is 0 Å². The van der Waals surface area contributed by atoms with Crippen LogP contribution in [-0.4, -0.2) is 19.7 Å². The van der Waals surface area contributed by atoms with E-state index in [0.717, 1.165) is 42.6 Å². The van der Waals surface area contributed by atoms with Gasteiger partial charge in [0.1, 0.15) is 12.1 Å². The smallest absolute Gasteiger partial charge is 0.130 e. The van der Waals surface area contributed by atoms with Crippen LogP contribution in [0.15, 0.2) is 18.7 Å². The van der Waals surface area contributed by atoms with Gasteiger partial charge in [0.05, 0.1) is 11.9 Å². The van der Waals surface area contributed by atoms with Crippen molar-refractivity contribution in [3.8, 4) is 11.3 Å². The molecule has 0 atom stereocenters. The molecule has 0 aromatic carbocycles. The number of nitrogens with zero attached hydrogens (tertiary/aromatic N) is 4. The van der Waals surface area contributed by atoms with Gasteiger partial charge in [0.2, 0.25) is 0 Å². The largest absolute Gasteiger partial charge is 0.383 e. The molecule has 0 fully saturated rings. The normalized spacial score (nSPS) is 10.8. The minimum atomic E-state index is 0.574. The fourth-order valence-corrected chi connectivity index (χ4v) is 2.01. The van der Waals surface area contributed by atoms with Crippen molar-refractivity contribution in [2.24, 2.45) is 0 Å². The second-order valence-corrected chi connectivity index (χ2v) is 4.33. The highest BCUT2D eigenvalue weighted by atomic mass is 15.3. The van der Waals surface area contributed by atoms with Crippen molar-refractivity contribution >= 4 is 5.82 Å². The molecule has 0 unspecified atom stereocenters. The molecule has 2 heterocycles. The first-order valence-corrected chi connectivity index (χ1v) is 6.38. The van der Waals surface area contributed by atoms with Crippen molar-refractivity contribution in [1.29, 1.82) is 0 Å². The SMILES string of the molecule is CCCc1c(N)ncnc1-c1cnn(CCC)c1. The fourth-order valence-electron chi connectivity index (χ4n) is 2.01. The number of rotatable bonds is 5. The van der Waals surface area contributed by atoms with E-state index in [1.54, 1.807) is 0 Å². The zero-order valence-corrected chi connectivity index (χ0v) is 10.9. The molecule has 0 saturated heterocycles. The van der Waals surface area contributed by atoms with Crippen LogP contribution in [0.2, 0.25) is 0 Å². The Kier molecular flexibility index (Phi) is 3.92. The topological polar surface area (TPSA) is 69.6 Å². The lowest BCUT2D eigenvalue weighted by Crippen LogP contribution is -2.02. The van der Waals surface area contributed by atoms with Gasteiger partial charge in [-0.3, -0.25) is 4.68 Å². The van der Waals surface area contributed by atoms with E-state index in [0.29, 0.717) is 5.82 Å². The van der Waals surface area contributed by atoms with Gasteiger partial charge >= 0.3 is 0 Å². The maximum absolute atomic E-state index is 5.93. The summed E-state index contributed by atoms with van der Waals surface area (Å²) in [4.78, 5) is 8.42. The molecule has 18 heavy (non-hydrogen) atoms. The number of aryl methyl sites for hydroxylation is 1. The van der Waals surface area contributed by atoms with E-state index in [1.165, 1.54) is 6.33 Å². The highest BCUT2D eigenvalue weighted by Crippen LogP contribution is 2.24. The number of aromatic nitrogens is 4. The second-order valence-electron chi connectivity index (χ2n) is 4.33. The number of anilines is 1. The Morgan fingerprint density at radius 3 is 2.78 bits per heavy atom. The number of nitrogen functional groups attached to an aromatic ring is 1. The predicted molar refractivity (Wildman–Crippen MR) is 72.0 cm³/mol. The molecule has 0 aliphatic carbocycles. The lowest BCUT2D eigenvalue weighted by Gasteiger charge is -2.07. The monoisotopic (exact) mass is 245 g/mol. The molecular formula is C13H19N5. The Morgan fingerprint density at radius 2 is 2.06 bits per heavy atom. The molecular weight excluding hydrogens is 226 g/mol. The van der Waals surface area contributed by atoms with E-state index in [2.05, 4.69) is 28.9 Å². The zero-order valence-electron chi connectivity index (χ0n) is 10.9. The molecule has 2 aromatic heterocycles. The van der Waals surface area contributed by atoms with Gasteiger partial charge in [-0.15, -0.1) is 0 Å². The average molecular weight is 245 g/mol. The Balaban J connectivity index is 2.39. The highest BCUT2D eigenvalue weighted by Gasteiger charge is 2.12. The van der Waals surface area contributed by atoms with Crippen LogP contribution in [0, 0.1) is 0 Å². The van der Waals surface area contributed by atoms with E-state index in [1.807, 2.05) is 17.1 Å². The third-order valence-electron chi connectivity index (χ3n) is 2.84. The van der Waals surface area contributed by atoms with Crippen LogP contribution in [0.5, 0.6) is 0 Å². The van der Waals surface area contributed by atoms with Gasteiger partial charge in [-0.05, 0) is 12.8 Å². The van der Waals surface area contributed by atoms with Crippen LogP contribution in [0.25, 0.3) is 11.3 Å².